The SMILES string of the molecule is CN1CCN(CC(=O)N2CCc3ccc(-c4nccc(Nc5ccc6[nH]ncc6c5)n4)cc32)CC1. The van der Waals surface area contributed by atoms with Crippen LogP contribution in [0.1, 0.15) is 5.56 Å². The molecule has 2 N–H and O–H groups in total. The molecule has 0 bridgehead atoms. The molecular weight excluding hydrogens is 440 g/mol. The first-order valence-electron chi connectivity index (χ1n) is 12.0. The summed E-state index contributed by atoms with van der Waals surface area (Å²) in [5.74, 6) is 1.50. The Morgan fingerprint density at radius 1 is 1.06 bits per heavy atom. The maximum Gasteiger partial charge on any atom is 0.241 e. The second-order valence-electron chi connectivity index (χ2n) is 9.28. The Balaban J connectivity index is 1.20. The Hall–Kier alpha value is -3.82. The van der Waals surface area contributed by atoms with E-state index in [0.717, 1.165) is 67.0 Å². The fraction of sp³-hybridized carbons (Fsp3) is 0.308. The molecule has 4 heterocycles. The molecule has 1 amide bonds. The lowest BCUT2D eigenvalue weighted by Crippen LogP contribution is -2.48. The van der Waals surface area contributed by atoms with Crippen LogP contribution in [0, 0.1) is 0 Å². The van der Waals surface area contributed by atoms with Crippen LogP contribution in [-0.2, 0) is 11.2 Å². The van der Waals surface area contributed by atoms with Crippen molar-refractivity contribution in [3.8, 4) is 11.4 Å². The minimum atomic E-state index is 0.163. The summed E-state index contributed by atoms with van der Waals surface area (Å²) in [6, 6.07) is 14.1. The summed E-state index contributed by atoms with van der Waals surface area (Å²) >= 11 is 0. The number of rotatable bonds is 5. The summed E-state index contributed by atoms with van der Waals surface area (Å²) in [5.41, 5.74) is 5.00. The highest BCUT2D eigenvalue weighted by molar-refractivity contribution is 5.97. The van der Waals surface area contributed by atoms with Crippen molar-refractivity contribution in [1.29, 1.82) is 0 Å². The number of likely N-dealkylation sites (N-methyl/N-ethyl adjacent to an activating group) is 1. The predicted molar refractivity (Wildman–Crippen MR) is 137 cm³/mol. The average molecular weight is 469 g/mol. The van der Waals surface area contributed by atoms with E-state index in [4.69, 9.17) is 4.98 Å². The Morgan fingerprint density at radius 2 is 1.94 bits per heavy atom. The molecule has 2 aliphatic rings. The Labute approximate surface area is 203 Å². The maximum atomic E-state index is 13.2. The molecule has 2 aromatic carbocycles. The standard InChI is InChI=1S/C26H28N8O/c1-32-10-12-33(13-11-32)17-25(35)34-9-7-18-2-3-19(15-23(18)34)26-27-8-6-24(30-26)29-21-4-5-22-20(14-21)16-28-31-22/h2-6,8,14-16H,7,9-13,17H2,1H3,(H,28,31)(H,27,29,30). The number of nitrogens with one attached hydrogen (secondary N) is 2. The zero-order chi connectivity index (χ0) is 23.8. The molecule has 0 unspecified atom stereocenters. The number of carbonyl (C=O) groups is 1. The minimum absolute atomic E-state index is 0.163. The third-order valence-corrected chi connectivity index (χ3v) is 6.86. The highest BCUT2D eigenvalue weighted by Gasteiger charge is 2.27. The molecule has 0 spiro atoms. The van der Waals surface area contributed by atoms with E-state index in [1.165, 1.54) is 5.56 Å². The van der Waals surface area contributed by atoms with Crippen molar-refractivity contribution in [3.63, 3.8) is 0 Å². The van der Waals surface area contributed by atoms with Crippen molar-refractivity contribution < 1.29 is 4.79 Å². The van der Waals surface area contributed by atoms with Gasteiger partial charge < -0.3 is 15.1 Å². The van der Waals surface area contributed by atoms with Gasteiger partial charge in [-0.2, -0.15) is 5.10 Å². The molecule has 1 saturated heterocycles. The fourth-order valence-corrected chi connectivity index (χ4v) is 4.80. The summed E-state index contributed by atoms with van der Waals surface area (Å²) in [6.07, 6.45) is 4.43. The molecule has 9 nitrogen and oxygen atoms in total. The molecule has 178 valence electrons. The molecule has 2 aliphatic heterocycles. The van der Waals surface area contributed by atoms with E-state index in [1.807, 2.05) is 35.2 Å². The first-order chi connectivity index (χ1) is 17.1. The third-order valence-electron chi connectivity index (χ3n) is 6.86. The van der Waals surface area contributed by atoms with Gasteiger partial charge >= 0.3 is 0 Å². The summed E-state index contributed by atoms with van der Waals surface area (Å²) < 4.78 is 0. The van der Waals surface area contributed by atoms with Crippen molar-refractivity contribution in [1.82, 2.24) is 30.0 Å². The lowest BCUT2D eigenvalue weighted by Gasteiger charge is -2.32. The summed E-state index contributed by atoms with van der Waals surface area (Å²) in [6.45, 7) is 5.07. The molecule has 1 fully saturated rings. The van der Waals surface area contributed by atoms with Crippen LogP contribution in [0.4, 0.5) is 17.2 Å². The molecule has 6 rings (SSSR count). The number of H-pyrrole nitrogens is 1. The van der Waals surface area contributed by atoms with Crippen molar-refractivity contribution in [2.45, 2.75) is 6.42 Å². The number of aromatic nitrogens is 4. The maximum absolute atomic E-state index is 13.2. The van der Waals surface area contributed by atoms with Gasteiger partial charge in [0.25, 0.3) is 0 Å². The number of carbonyl (C=O) groups excluding carboxylic acids is 1. The van der Waals surface area contributed by atoms with Gasteiger partial charge in [0, 0.05) is 61.2 Å². The average Bonchev–Trinajstić information content (AvgIpc) is 3.52. The van der Waals surface area contributed by atoms with Crippen molar-refractivity contribution in [2.24, 2.45) is 0 Å². The first kappa shape index (κ1) is 21.7. The van der Waals surface area contributed by atoms with Gasteiger partial charge in [0.1, 0.15) is 5.82 Å². The summed E-state index contributed by atoms with van der Waals surface area (Å²) in [5, 5.41) is 11.4. The lowest BCUT2D eigenvalue weighted by atomic mass is 10.1. The Morgan fingerprint density at radius 3 is 2.83 bits per heavy atom. The fourth-order valence-electron chi connectivity index (χ4n) is 4.80. The molecule has 0 atom stereocenters. The normalized spacial score (nSPS) is 16.5. The predicted octanol–water partition coefficient (Wildman–Crippen LogP) is 2.90. The van der Waals surface area contributed by atoms with Gasteiger partial charge in [-0.05, 0) is 49.4 Å². The van der Waals surface area contributed by atoms with Crippen LogP contribution >= 0.6 is 0 Å². The Kier molecular flexibility index (Phi) is 5.63. The van der Waals surface area contributed by atoms with Gasteiger partial charge in [0.15, 0.2) is 5.82 Å². The first-order valence-corrected chi connectivity index (χ1v) is 12.0. The summed E-state index contributed by atoms with van der Waals surface area (Å²) in [4.78, 5) is 28.9. The minimum Gasteiger partial charge on any atom is -0.340 e. The van der Waals surface area contributed by atoms with Gasteiger partial charge in [-0.3, -0.25) is 14.8 Å². The highest BCUT2D eigenvalue weighted by Crippen LogP contribution is 2.32. The van der Waals surface area contributed by atoms with Crippen LogP contribution in [0.3, 0.4) is 0 Å². The van der Waals surface area contributed by atoms with Crippen molar-refractivity contribution >= 4 is 34.0 Å². The molecule has 0 aliphatic carbocycles. The van der Waals surface area contributed by atoms with E-state index < -0.39 is 0 Å². The number of hydrogen-bond acceptors (Lipinski definition) is 7. The summed E-state index contributed by atoms with van der Waals surface area (Å²) in [7, 11) is 2.13. The van der Waals surface area contributed by atoms with Crippen LogP contribution in [0.15, 0.2) is 54.9 Å². The van der Waals surface area contributed by atoms with E-state index in [9.17, 15) is 4.79 Å². The zero-order valence-corrected chi connectivity index (χ0v) is 19.7. The molecule has 0 saturated carbocycles. The number of hydrogen-bond donors (Lipinski definition) is 2. The number of aromatic amines is 1. The third kappa shape index (κ3) is 4.48. The number of fused-ring (bicyclic) bond motifs is 2. The molecule has 9 heteroatoms. The topological polar surface area (TPSA) is 93.3 Å². The second kappa shape index (κ2) is 9.09. The zero-order valence-electron chi connectivity index (χ0n) is 19.7. The smallest absolute Gasteiger partial charge is 0.241 e. The van der Waals surface area contributed by atoms with Crippen molar-refractivity contribution in [2.75, 3.05) is 56.5 Å². The number of piperazine rings is 1. The largest absolute Gasteiger partial charge is 0.340 e. The number of benzene rings is 2. The van der Waals surface area contributed by atoms with Crippen molar-refractivity contribution in [3.05, 3.63) is 60.4 Å². The van der Waals surface area contributed by atoms with E-state index in [0.29, 0.717) is 18.2 Å². The molecule has 4 aromatic rings. The van der Waals surface area contributed by atoms with Crippen LogP contribution in [-0.4, -0.2) is 82.2 Å². The quantitative estimate of drug-likeness (QED) is 0.465. The van der Waals surface area contributed by atoms with Crippen LogP contribution in [0.2, 0.25) is 0 Å². The Bertz CT molecular complexity index is 1370. The van der Waals surface area contributed by atoms with Gasteiger partial charge in [-0.15, -0.1) is 0 Å². The van der Waals surface area contributed by atoms with E-state index in [-0.39, 0.29) is 5.91 Å². The molecular formula is C26H28N8O. The molecule has 35 heavy (non-hydrogen) atoms. The lowest BCUT2D eigenvalue weighted by molar-refractivity contribution is -0.120. The van der Waals surface area contributed by atoms with Crippen LogP contribution in [0.5, 0.6) is 0 Å². The molecule has 0 radical (unpaired) electrons. The monoisotopic (exact) mass is 468 g/mol. The van der Waals surface area contributed by atoms with E-state index in [2.05, 4.69) is 49.5 Å². The van der Waals surface area contributed by atoms with E-state index >= 15 is 0 Å². The number of nitrogens with zero attached hydrogens (tertiary/aromatic N) is 6. The van der Waals surface area contributed by atoms with Crippen LogP contribution < -0.4 is 10.2 Å². The number of anilines is 3. The second-order valence-corrected chi connectivity index (χ2v) is 9.28. The van der Waals surface area contributed by atoms with Gasteiger partial charge in [-0.1, -0.05) is 12.1 Å². The van der Waals surface area contributed by atoms with Crippen LogP contribution in [0.25, 0.3) is 22.3 Å². The molecule has 2 aromatic heterocycles. The van der Waals surface area contributed by atoms with Gasteiger partial charge in [0.2, 0.25) is 5.91 Å². The highest BCUT2D eigenvalue weighted by atomic mass is 16.2. The van der Waals surface area contributed by atoms with Gasteiger partial charge in [-0.25, -0.2) is 9.97 Å². The van der Waals surface area contributed by atoms with Gasteiger partial charge in [0.05, 0.1) is 18.3 Å². The number of amides is 1. The van der Waals surface area contributed by atoms with E-state index in [1.54, 1.807) is 12.4 Å².